The summed E-state index contributed by atoms with van der Waals surface area (Å²) in [6.07, 6.45) is 0. The van der Waals surface area contributed by atoms with E-state index in [0.717, 1.165) is 12.1 Å². The highest BCUT2D eigenvalue weighted by Gasteiger charge is 2.09. The SMILES string of the molecule is CCN(C)Cc1nc(-c2ccc(F)cc2)no1. The number of halogens is 1. The lowest BCUT2D eigenvalue weighted by Crippen LogP contribution is -2.16. The molecule has 0 N–H and O–H groups in total. The van der Waals surface area contributed by atoms with Crippen molar-refractivity contribution in [2.45, 2.75) is 13.5 Å². The molecule has 2 rings (SSSR count). The molecule has 0 amide bonds. The fourth-order valence-electron chi connectivity index (χ4n) is 1.38. The Morgan fingerprint density at radius 1 is 1.29 bits per heavy atom. The monoisotopic (exact) mass is 235 g/mol. The van der Waals surface area contributed by atoms with E-state index in [-0.39, 0.29) is 5.82 Å². The molecular weight excluding hydrogens is 221 g/mol. The number of hydrogen-bond donors (Lipinski definition) is 0. The van der Waals surface area contributed by atoms with E-state index in [1.165, 1.54) is 12.1 Å². The van der Waals surface area contributed by atoms with E-state index in [4.69, 9.17) is 4.52 Å². The summed E-state index contributed by atoms with van der Waals surface area (Å²) in [7, 11) is 1.97. The van der Waals surface area contributed by atoms with E-state index < -0.39 is 0 Å². The van der Waals surface area contributed by atoms with E-state index in [0.29, 0.717) is 18.3 Å². The van der Waals surface area contributed by atoms with Gasteiger partial charge in [-0.1, -0.05) is 12.1 Å². The van der Waals surface area contributed by atoms with Crippen LogP contribution in [0.3, 0.4) is 0 Å². The van der Waals surface area contributed by atoms with Crippen molar-refractivity contribution < 1.29 is 8.91 Å². The molecule has 17 heavy (non-hydrogen) atoms. The van der Waals surface area contributed by atoms with Crippen molar-refractivity contribution in [1.82, 2.24) is 15.0 Å². The summed E-state index contributed by atoms with van der Waals surface area (Å²) in [5, 5.41) is 3.87. The number of nitrogens with zero attached hydrogens (tertiary/aromatic N) is 3. The second-order valence-electron chi connectivity index (χ2n) is 3.85. The topological polar surface area (TPSA) is 42.2 Å². The van der Waals surface area contributed by atoms with Gasteiger partial charge in [-0.05, 0) is 37.9 Å². The first-order chi connectivity index (χ1) is 8.19. The van der Waals surface area contributed by atoms with Crippen LogP contribution < -0.4 is 0 Å². The van der Waals surface area contributed by atoms with Gasteiger partial charge in [-0.25, -0.2) is 4.39 Å². The molecule has 0 aliphatic heterocycles. The van der Waals surface area contributed by atoms with Crippen molar-refractivity contribution in [3.05, 3.63) is 36.0 Å². The minimum atomic E-state index is -0.275. The second kappa shape index (κ2) is 5.05. The lowest BCUT2D eigenvalue weighted by molar-refractivity contribution is 0.276. The molecule has 0 radical (unpaired) electrons. The molecule has 0 aliphatic carbocycles. The number of rotatable bonds is 4. The minimum absolute atomic E-state index is 0.275. The fourth-order valence-corrected chi connectivity index (χ4v) is 1.38. The van der Waals surface area contributed by atoms with Gasteiger partial charge in [0, 0.05) is 5.56 Å². The van der Waals surface area contributed by atoms with Gasteiger partial charge in [0.15, 0.2) is 0 Å². The van der Waals surface area contributed by atoms with Crippen LogP contribution in [-0.4, -0.2) is 28.6 Å². The highest BCUT2D eigenvalue weighted by Crippen LogP contribution is 2.16. The van der Waals surface area contributed by atoms with Crippen molar-refractivity contribution in [1.29, 1.82) is 0 Å². The Morgan fingerprint density at radius 3 is 2.65 bits per heavy atom. The minimum Gasteiger partial charge on any atom is -0.338 e. The van der Waals surface area contributed by atoms with Gasteiger partial charge in [-0.3, -0.25) is 4.90 Å². The molecule has 4 nitrogen and oxygen atoms in total. The third-order valence-corrected chi connectivity index (χ3v) is 2.52. The molecule has 1 aromatic carbocycles. The van der Waals surface area contributed by atoms with Crippen LogP contribution in [0.25, 0.3) is 11.4 Å². The zero-order valence-electron chi connectivity index (χ0n) is 9.85. The van der Waals surface area contributed by atoms with Crippen LogP contribution in [0.2, 0.25) is 0 Å². The largest absolute Gasteiger partial charge is 0.338 e. The Balaban J connectivity index is 2.15. The molecule has 5 heteroatoms. The van der Waals surface area contributed by atoms with Gasteiger partial charge in [-0.2, -0.15) is 4.98 Å². The zero-order chi connectivity index (χ0) is 12.3. The molecule has 2 aromatic rings. The van der Waals surface area contributed by atoms with E-state index >= 15 is 0 Å². The average Bonchev–Trinajstić information content (AvgIpc) is 2.78. The lowest BCUT2D eigenvalue weighted by Gasteiger charge is -2.08. The molecule has 0 saturated heterocycles. The number of aromatic nitrogens is 2. The van der Waals surface area contributed by atoms with E-state index in [1.54, 1.807) is 12.1 Å². The Hall–Kier alpha value is -1.75. The average molecular weight is 235 g/mol. The van der Waals surface area contributed by atoms with Gasteiger partial charge >= 0.3 is 0 Å². The Bertz CT molecular complexity index is 481. The molecule has 1 aromatic heterocycles. The third-order valence-electron chi connectivity index (χ3n) is 2.52. The van der Waals surface area contributed by atoms with E-state index in [9.17, 15) is 4.39 Å². The molecule has 0 aliphatic rings. The summed E-state index contributed by atoms with van der Waals surface area (Å²) in [4.78, 5) is 6.31. The van der Waals surface area contributed by atoms with Crippen LogP contribution >= 0.6 is 0 Å². The number of benzene rings is 1. The molecule has 1 heterocycles. The first kappa shape index (κ1) is 11.7. The van der Waals surface area contributed by atoms with Crippen molar-refractivity contribution in [3.63, 3.8) is 0 Å². The van der Waals surface area contributed by atoms with Gasteiger partial charge < -0.3 is 4.52 Å². The van der Waals surface area contributed by atoms with Crippen molar-refractivity contribution in [2.24, 2.45) is 0 Å². The van der Waals surface area contributed by atoms with Gasteiger partial charge in [-0.15, -0.1) is 0 Å². The van der Waals surface area contributed by atoms with Crippen molar-refractivity contribution in [2.75, 3.05) is 13.6 Å². The van der Waals surface area contributed by atoms with Crippen molar-refractivity contribution >= 4 is 0 Å². The van der Waals surface area contributed by atoms with Gasteiger partial charge in [0.2, 0.25) is 11.7 Å². The first-order valence-electron chi connectivity index (χ1n) is 5.46. The smallest absolute Gasteiger partial charge is 0.241 e. The standard InChI is InChI=1S/C12H14FN3O/c1-3-16(2)8-11-14-12(15-17-11)9-4-6-10(13)7-5-9/h4-7H,3,8H2,1-2H3. The normalized spacial score (nSPS) is 11.1. The predicted molar refractivity (Wildman–Crippen MR) is 61.7 cm³/mol. The fraction of sp³-hybridized carbons (Fsp3) is 0.333. The van der Waals surface area contributed by atoms with E-state index in [1.807, 2.05) is 7.05 Å². The summed E-state index contributed by atoms with van der Waals surface area (Å²) < 4.78 is 17.9. The van der Waals surface area contributed by atoms with Crippen molar-refractivity contribution in [3.8, 4) is 11.4 Å². The van der Waals surface area contributed by atoms with Crippen LogP contribution in [0.4, 0.5) is 4.39 Å². The summed E-state index contributed by atoms with van der Waals surface area (Å²) in [5.41, 5.74) is 0.751. The van der Waals surface area contributed by atoms with Gasteiger partial charge in [0.1, 0.15) is 5.82 Å². The number of hydrogen-bond acceptors (Lipinski definition) is 4. The molecule has 0 saturated carbocycles. The van der Waals surface area contributed by atoms with E-state index in [2.05, 4.69) is 22.0 Å². The Labute approximate surface area is 99.1 Å². The van der Waals surface area contributed by atoms with Crippen LogP contribution in [-0.2, 0) is 6.54 Å². The van der Waals surface area contributed by atoms with Crippen LogP contribution in [0.15, 0.2) is 28.8 Å². The molecular formula is C12H14FN3O. The molecule has 0 spiro atoms. The highest BCUT2D eigenvalue weighted by atomic mass is 19.1. The molecule has 90 valence electrons. The predicted octanol–water partition coefficient (Wildman–Crippen LogP) is 2.33. The Kier molecular flexibility index (Phi) is 3.49. The maximum atomic E-state index is 12.8. The maximum Gasteiger partial charge on any atom is 0.241 e. The lowest BCUT2D eigenvalue weighted by atomic mass is 10.2. The molecule has 0 atom stereocenters. The highest BCUT2D eigenvalue weighted by molar-refractivity contribution is 5.53. The molecule has 0 fully saturated rings. The zero-order valence-corrected chi connectivity index (χ0v) is 9.85. The molecule has 0 unspecified atom stereocenters. The second-order valence-corrected chi connectivity index (χ2v) is 3.85. The summed E-state index contributed by atoms with van der Waals surface area (Å²) in [5.74, 6) is 0.779. The summed E-state index contributed by atoms with van der Waals surface area (Å²) >= 11 is 0. The summed E-state index contributed by atoms with van der Waals surface area (Å²) in [6.45, 7) is 3.58. The van der Waals surface area contributed by atoms with Gasteiger partial charge in [0.05, 0.1) is 6.54 Å². The van der Waals surface area contributed by atoms with Gasteiger partial charge in [0.25, 0.3) is 0 Å². The van der Waals surface area contributed by atoms with Crippen LogP contribution in [0.5, 0.6) is 0 Å². The maximum absolute atomic E-state index is 12.8. The first-order valence-corrected chi connectivity index (χ1v) is 5.46. The Morgan fingerprint density at radius 2 is 2.00 bits per heavy atom. The quantitative estimate of drug-likeness (QED) is 0.815. The third kappa shape index (κ3) is 2.88. The summed E-state index contributed by atoms with van der Waals surface area (Å²) in [6, 6.07) is 6.02. The van der Waals surface area contributed by atoms with Crippen LogP contribution in [0.1, 0.15) is 12.8 Å². The van der Waals surface area contributed by atoms with Crippen LogP contribution in [0, 0.1) is 5.82 Å². The molecule has 0 bridgehead atoms.